The van der Waals surface area contributed by atoms with E-state index in [1.54, 1.807) is 24.1 Å². The predicted molar refractivity (Wildman–Crippen MR) is 115 cm³/mol. The SMILES string of the molecule is COc1nc(C(=O)N2CCC[C@@H](C(=O)Nc3cccc(C)n3)C2)cc2ccccc12. The summed E-state index contributed by atoms with van der Waals surface area (Å²) in [4.78, 5) is 36.3. The molecule has 1 atom stereocenters. The first-order valence-electron chi connectivity index (χ1n) is 10.0. The lowest BCUT2D eigenvalue weighted by Crippen LogP contribution is -2.44. The first-order chi connectivity index (χ1) is 14.5. The van der Waals surface area contributed by atoms with Gasteiger partial charge >= 0.3 is 0 Å². The minimum absolute atomic E-state index is 0.116. The minimum Gasteiger partial charge on any atom is -0.481 e. The highest BCUT2D eigenvalue weighted by molar-refractivity contribution is 5.99. The van der Waals surface area contributed by atoms with Crippen LogP contribution in [0, 0.1) is 12.8 Å². The number of methoxy groups -OCH3 is 1. The zero-order valence-electron chi connectivity index (χ0n) is 17.1. The lowest BCUT2D eigenvalue weighted by atomic mass is 9.96. The van der Waals surface area contributed by atoms with Crippen LogP contribution in [-0.2, 0) is 4.79 Å². The van der Waals surface area contributed by atoms with Crippen molar-refractivity contribution in [3.05, 3.63) is 59.9 Å². The largest absolute Gasteiger partial charge is 0.481 e. The number of hydrogen-bond acceptors (Lipinski definition) is 5. The fraction of sp³-hybridized carbons (Fsp3) is 0.304. The third-order valence-electron chi connectivity index (χ3n) is 5.34. The van der Waals surface area contributed by atoms with Gasteiger partial charge in [0.1, 0.15) is 11.5 Å². The average molecular weight is 404 g/mol. The van der Waals surface area contributed by atoms with Gasteiger partial charge in [-0.25, -0.2) is 9.97 Å². The molecule has 30 heavy (non-hydrogen) atoms. The molecule has 4 rings (SSSR count). The summed E-state index contributed by atoms with van der Waals surface area (Å²) in [5.41, 5.74) is 1.16. The molecule has 3 heterocycles. The molecule has 0 aliphatic carbocycles. The van der Waals surface area contributed by atoms with Crippen LogP contribution >= 0.6 is 0 Å². The number of pyridine rings is 2. The van der Waals surface area contributed by atoms with E-state index in [9.17, 15) is 9.59 Å². The number of hydrogen-bond donors (Lipinski definition) is 1. The van der Waals surface area contributed by atoms with E-state index in [-0.39, 0.29) is 17.7 Å². The number of aryl methyl sites for hydroxylation is 1. The number of fused-ring (bicyclic) bond motifs is 1. The van der Waals surface area contributed by atoms with E-state index < -0.39 is 0 Å². The Labute approximate surface area is 175 Å². The van der Waals surface area contributed by atoms with Crippen LogP contribution in [0.15, 0.2) is 48.5 Å². The second-order valence-electron chi connectivity index (χ2n) is 7.48. The van der Waals surface area contributed by atoms with Crippen molar-refractivity contribution >= 4 is 28.4 Å². The maximum atomic E-state index is 13.1. The number of nitrogens with zero attached hydrogens (tertiary/aromatic N) is 3. The highest BCUT2D eigenvalue weighted by Crippen LogP contribution is 2.26. The van der Waals surface area contributed by atoms with E-state index in [0.29, 0.717) is 30.5 Å². The number of aromatic nitrogens is 2. The molecule has 2 amide bonds. The first-order valence-corrected chi connectivity index (χ1v) is 10.0. The molecule has 154 valence electrons. The van der Waals surface area contributed by atoms with Gasteiger partial charge in [-0.15, -0.1) is 0 Å². The first kappa shape index (κ1) is 19.8. The summed E-state index contributed by atoms with van der Waals surface area (Å²) in [5, 5.41) is 4.62. The van der Waals surface area contributed by atoms with Gasteiger partial charge < -0.3 is 15.0 Å². The molecule has 3 aromatic rings. The normalized spacial score (nSPS) is 16.3. The van der Waals surface area contributed by atoms with Crippen LogP contribution in [0.4, 0.5) is 5.82 Å². The van der Waals surface area contributed by atoms with E-state index in [1.165, 1.54) is 0 Å². The van der Waals surface area contributed by atoms with Gasteiger partial charge in [-0.05, 0) is 49.4 Å². The molecule has 1 aromatic carbocycles. The fourth-order valence-corrected chi connectivity index (χ4v) is 3.81. The quantitative estimate of drug-likeness (QED) is 0.720. The molecule has 1 aliphatic heterocycles. The Hall–Kier alpha value is -3.48. The molecule has 7 nitrogen and oxygen atoms in total. The Morgan fingerprint density at radius 1 is 1.13 bits per heavy atom. The van der Waals surface area contributed by atoms with Gasteiger partial charge in [0.15, 0.2) is 0 Å². The van der Waals surface area contributed by atoms with Crippen molar-refractivity contribution < 1.29 is 14.3 Å². The summed E-state index contributed by atoms with van der Waals surface area (Å²) < 4.78 is 5.39. The number of rotatable bonds is 4. The van der Waals surface area contributed by atoms with Crippen molar-refractivity contribution in [1.82, 2.24) is 14.9 Å². The zero-order valence-corrected chi connectivity index (χ0v) is 17.1. The number of likely N-dealkylation sites (tertiary alicyclic amines) is 1. The lowest BCUT2D eigenvalue weighted by Gasteiger charge is -2.31. The third-order valence-corrected chi connectivity index (χ3v) is 5.34. The van der Waals surface area contributed by atoms with Crippen molar-refractivity contribution in [3.8, 4) is 5.88 Å². The van der Waals surface area contributed by atoms with E-state index in [4.69, 9.17) is 4.74 Å². The molecule has 2 aromatic heterocycles. The number of carbonyl (C=O) groups is 2. The second kappa shape index (κ2) is 8.49. The van der Waals surface area contributed by atoms with Crippen LogP contribution in [0.2, 0.25) is 0 Å². The Bertz CT molecular complexity index is 1100. The number of piperidine rings is 1. The van der Waals surface area contributed by atoms with Crippen molar-refractivity contribution in [2.45, 2.75) is 19.8 Å². The molecular formula is C23H24N4O3. The summed E-state index contributed by atoms with van der Waals surface area (Å²) in [6, 6.07) is 14.9. The highest BCUT2D eigenvalue weighted by Gasteiger charge is 2.30. The van der Waals surface area contributed by atoms with Crippen LogP contribution in [0.1, 0.15) is 29.0 Å². The number of ether oxygens (including phenoxy) is 1. The molecule has 0 bridgehead atoms. The molecule has 1 fully saturated rings. The topological polar surface area (TPSA) is 84.4 Å². The molecular weight excluding hydrogens is 380 g/mol. The molecule has 0 spiro atoms. The van der Waals surface area contributed by atoms with Crippen LogP contribution in [0.3, 0.4) is 0 Å². The Morgan fingerprint density at radius 2 is 1.97 bits per heavy atom. The van der Waals surface area contributed by atoms with E-state index in [2.05, 4.69) is 15.3 Å². The van der Waals surface area contributed by atoms with Gasteiger partial charge in [0.25, 0.3) is 5.91 Å². The number of amides is 2. The van der Waals surface area contributed by atoms with Gasteiger partial charge in [-0.3, -0.25) is 9.59 Å². The van der Waals surface area contributed by atoms with Crippen molar-refractivity contribution in [2.24, 2.45) is 5.92 Å². The molecule has 1 N–H and O–H groups in total. The van der Waals surface area contributed by atoms with Crippen molar-refractivity contribution in [1.29, 1.82) is 0 Å². The average Bonchev–Trinajstić information content (AvgIpc) is 2.78. The Balaban J connectivity index is 1.51. The van der Waals surface area contributed by atoms with Gasteiger partial charge in [0.2, 0.25) is 11.8 Å². The van der Waals surface area contributed by atoms with Gasteiger partial charge in [-0.2, -0.15) is 0 Å². The van der Waals surface area contributed by atoms with Crippen LogP contribution in [0.25, 0.3) is 10.8 Å². The maximum absolute atomic E-state index is 13.1. The van der Waals surface area contributed by atoms with Crippen molar-refractivity contribution in [3.63, 3.8) is 0 Å². The second-order valence-corrected chi connectivity index (χ2v) is 7.48. The summed E-state index contributed by atoms with van der Waals surface area (Å²) in [7, 11) is 1.55. The predicted octanol–water partition coefficient (Wildman–Crippen LogP) is 3.44. The van der Waals surface area contributed by atoms with Gasteiger partial charge in [-0.1, -0.05) is 24.3 Å². The summed E-state index contributed by atoms with van der Waals surface area (Å²) in [6.45, 7) is 2.83. The number of nitrogens with one attached hydrogen (secondary N) is 1. The number of benzene rings is 1. The lowest BCUT2D eigenvalue weighted by molar-refractivity contribution is -0.121. The van der Waals surface area contributed by atoms with E-state index in [0.717, 1.165) is 29.3 Å². The smallest absolute Gasteiger partial charge is 0.272 e. The standard InChI is InChI=1S/C23H24N4O3/c1-15-7-5-11-20(24-15)26-21(28)17-9-6-12-27(14-17)23(29)19-13-16-8-3-4-10-18(16)22(25-19)30-2/h3-5,7-8,10-11,13,17H,6,9,12,14H2,1-2H3,(H,24,26,28)/t17-/m1/s1. The summed E-state index contributed by atoms with van der Waals surface area (Å²) in [5.74, 6) is 0.366. The van der Waals surface area contributed by atoms with Crippen LogP contribution < -0.4 is 10.1 Å². The number of carbonyl (C=O) groups excluding carboxylic acids is 2. The monoisotopic (exact) mass is 404 g/mol. The third kappa shape index (κ3) is 4.10. The maximum Gasteiger partial charge on any atom is 0.272 e. The zero-order chi connectivity index (χ0) is 21.1. The van der Waals surface area contributed by atoms with Crippen LogP contribution in [0.5, 0.6) is 5.88 Å². The summed E-state index contributed by atoms with van der Waals surface area (Å²) in [6.07, 6.45) is 1.49. The van der Waals surface area contributed by atoms with E-state index in [1.807, 2.05) is 43.3 Å². The van der Waals surface area contributed by atoms with Gasteiger partial charge in [0, 0.05) is 24.2 Å². The molecule has 1 saturated heterocycles. The number of anilines is 1. The van der Waals surface area contributed by atoms with Crippen molar-refractivity contribution in [2.75, 3.05) is 25.5 Å². The molecule has 0 radical (unpaired) electrons. The fourth-order valence-electron chi connectivity index (χ4n) is 3.81. The Morgan fingerprint density at radius 3 is 2.77 bits per heavy atom. The Kier molecular flexibility index (Phi) is 5.61. The highest BCUT2D eigenvalue weighted by atomic mass is 16.5. The van der Waals surface area contributed by atoms with E-state index >= 15 is 0 Å². The van der Waals surface area contributed by atoms with Gasteiger partial charge in [0.05, 0.1) is 13.0 Å². The molecule has 7 heteroatoms. The molecule has 1 aliphatic rings. The summed E-state index contributed by atoms with van der Waals surface area (Å²) >= 11 is 0. The molecule has 0 unspecified atom stereocenters. The minimum atomic E-state index is -0.285. The molecule has 0 saturated carbocycles. The van der Waals surface area contributed by atoms with Crippen LogP contribution in [-0.4, -0.2) is 46.9 Å².